The molecule has 0 radical (unpaired) electrons. The fraction of sp³-hybridized carbons (Fsp3) is 0.545. The number of hydrogen-bond donors (Lipinski definition) is 1. The van der Waals surface area contributed by atoms with Crippen LogP contribution in [0.1, 0.15) is 11.4 Å². The Bertz CT molecular complexity index is 426. The molecule has 0 aliphatic carbocycles. The van der Waals surface area contributed by atoms with Crippen molar-refractivity contribution < 1.29 is 4.79 Å². The monoisotopic (exact) mass is 235 g/mol. The van der Waals surface area contributed by atoms with E-state index in [1.54, 1.807) is 11.1 Å². The number of aryl methyl sites for hydroxylation is 2. The molecular formula is C11H17N5O. The average Bonchev–Trinajstić information content (AvgIpc) is 2.32. The minimum atomic E-state index is -0.350. The molecule has 1 saturated heterocycles. The summed E-state index contributed by atoms with van der Waals surface area (Å²) in [4.78, 5) is 23.6. The standard InChI is InChI=1S/C11H17N5O/c1-8-7-13-9(2)10(14-8)15-3-5-16(6-4-15)11(12)17/h7H,3-6H2,1-2H3,(H2,12,17). The van der Waals surface area contributed by atoms with Crippen LogP contribution in [0.4, 0.5) is 10.6 Å². The zero-order valence-electron chi connectivity index (χ0n) is 10.2. The fourth-order valence-electron chi connectivity index (χ4n) is 1.96. The van der Waals surface area contributed by atoms with Crippen LogP contribution in [0.15, 0.2) is 6.20 Å². The van der Waals surface area contributed by atoms with Gasteiger partial charge >= 0.3 is 6.03 Å². The van der Waals surface area contributed by atoms with Crippen molar-refractivity contribution in [3.63, 3.8) is 0 Å². The zero-order valence-corrected chi connectivity index (χ0v) is 10.2. The maximum absolute atomic E-state index is 11.0. The molecule has 2 N–H and O–H groups in total. The quantitative estimate of drug-likeness (QED) is 0.759. The Balaban J connectivity index is 2.10. The first kappa shape index (κ1) is 11.6. The fourth-order valence-corrected chi connectivity index (χ4v) is 1.96. The number of nitrogens with zero attached hydrogens (tertiary/aromatic N) is 4. The second-order valence-corrected chi connectivity index (χ2v) is 4.23. The molecule has 0 aromatic carbocycles. The van der Waals surface area contributed by atoms with Crippen molar-refractivity contribution in [3.05, 3.63) is 17.6 Å². The van der Waals surface area contributed by atoms with Gasteiger partial charge in [-0.25, -0.2) is 9.78 Å². The number of nitrogens with two attached hydrogens (primary N) is 1. The summed E-state index contributed by atoms with van der Waals surface area (Å²) in [6.45, 7) is 6.66. The van der Waals surface area contributed by atoms with E-state index in [4.69, 9.17) is 5.73 Å². The Hall–Kier alpha value is -1.85. The van der Waals surface area contributed by atoms with Crippen molar-refractivity contribution in [2.45, 2.75) is 13.8 Å². The Morgan fingerprint density at radius 1 is 1.29 bits per heavy atom. The highest BCUT2D eigenvalue weighted by Gasteiger charge is 2.21. The highest BCUT2D eigenvalue weighted by molar-refractivity contribution is 5.72. The van der Waals surface area contributed by atoms with Crippen molar-refractivity contribution in [1.82, 2.24) is 14.9 Å². The van der Waals surface area contributed by atoms with Crippen LogP contribution in [0.25, 0.3) is 0 Å². The maximum atomic E-state index is 11.0. The first-order chi connectivity index (χ1) is 8.08. The first-order valence-corrected chi connectivity index (χ1v) is 5.67. The number of primary amides is 1. The van der Waals surface area contributed by atoms with Crippen molar-refractivity contribution in [2.24, 2.45) is 5.73 Å². The van der Waals surface area contributed by atoms with E-state index in [9.17, 15) is 4.79 Å². The normalized spacial score (nSPS) is 16.1. The Morgan fingerprint density at radius 2 is 1.94 bits per heavy atom. The number of aromatic nitrogens is 2. The van der Waals surface area contributed by atoms with Gasteiger partial charge in [-0.2, -0.15) is 0 Å². The summed E-state index contributed by atoms with van der Waals surface area (Å²) < 4.78 is 0. The molecule has 1 aromatic rings. The molecule has 1 aromatic heterocycles. The number of amides is 2. The number of piperazine rings is 1. The van der Waals surface area contributed by atoms with Crippen LogP contribution in [-0.2, 0) is 0 Å². The summed E-state index contributed by atoms with van der Waals surface area (Å²) in [6, 6.07) is -0.350. The molecule has 2 rings (SSSR count). The summed E-state index contributed by atoms with van der Waals surface area (Å²) >= 11 is 0. The molecule has 1 aliphatic rings. The van der Waals surface area contributed by atoms with Gasteiger partial charge in [-0.1, -0.05) is 0 Å². The molecule has 2 amide bonds. The van der Waals surface area contributed by atoms with Gasteiger partial charge in [-0.3, -0.25) is 4.98 Å². The summed E-state index contributed by atoms with van der Waals surface area (Å²) in [5, 5.41) is 0. The predicted molar refractivity (Wildman–Crippen MR) is 64.9 cm³/mol. The first-order valence-electron chi connectivity index (χ1n) is 5.67. The number of carbonyl (C=O) groups excluding carboxylic acids is 1. The molecule has 0 spiro atoms. The van der Waals surface area contributed by atoms with E-state index in [1.807, 2.05) is 13.8 Å². The number of anilines is 1. The Kier molecular flexibility index (Phi) is 3.12. The second-order valence-electron chi connectivity index (χ2n) is 4.23. The van der Waals surface area contributed by atoms with Gasteiger partial charge in [0.25, 0.3) is 0 Å². The minimum absolute atomic E-state index is 0.350. The summed E-state index contributed by atoms with van der Waals surface area (Å²) in [5.74, 6) is 0.911. The number of carbonyl (C=O) groups is 1. The van der Waals surface area contributed by atoms with E-state index >= 15 is 0 Å². The molecular weight excluding hydrogens is 218 g/mol. The Morgan fingerprint density at radius 3 is 2.53 bits per heavy atom. The highest BCUT2D eigenvalue weighted by Crippen LogP contribution is 2.17. The third-order valence-corrected chi connectivity index (χ3v) is 2.94. The summed E-state index contributed by atoms with van der Waals surface area (Å²) in [7, 11) is 0. The van der Waals surface area contributed by atoms with Gasteiger partial charge in [-0.05, 0) is 13.8 Å². The number of hydrogen-bond acceptors (Lipinski definition) is 4. The van der Waals surface area contributed by atoms with Crippen LogP contribution in [0, 0.1) is 13.8 Å². The van der Waals surface area contributed by atoms with Crippen molar-refractivity contribution in [2.75, 3.05) is 31.1 Å². The van der Waals surface area contributed by atoms with E-state index in [1.165, 1.54) is 0 Å². The smallest absolute Gasteiger partial charge is 0.314 e. The highest BCUT2D eigenvalue weighted by atomic mass is 16.2. The van der Waals surface area contributed by atoms with Crippen LogP contribution in [0.2, 0.25) is 0 Å². The lowest BCUT2D eigenvalue weighted by atomic mass is 10.3. The lowest BCUT2D eigenvalue weighted by Gasteiger charge is -2.34. The molecule has 0 saturated carbocycles. The van der Waals surface area contributed by atoms with Gasteiger partial charge in [-0.15, -0.1) is 0 Å². The average molecular weight is 235 g/mol. The number of rotatable bonds is 1. The largest absolute Gasteiger partial charge is 0.352 e. The van der Waals surface area contributed by atoms with Crippen LogP contribution < -0.4 is 10.6 Å². The molecule has 2 heterocycles. The van der Waals surface area contributed by atoms with E-state index in [-0.39, 0.29) is 6.03 Å². The van der Waals surface area contributed by atoms with Crippen LogP contribution in [0.5, 0.6) is 0 Å². The molecule has 17 heavy (non-hydrogen) atoms. The van der Waals surface area contributed by atoms with E-state index in [0.29, 0.717) is 13.1 Å². The molecule has 92 valence electrons. The van der Waals surface area contributed by atoms with Crippen LogP contribution in [-0.4, -0.2) is 47.1 Å². The SMILES string of the molecule is Cc1cnc(C)c(N2CCN(C(N)=O)CC2)n1. The maximum Gasteiger partial charge on any atom is 0.314 e. The van der Waals surface area contributed by atoms with Gasteiger partial charge in [0.1, 0.15) is 5.82 Å². The zero-order chi connectivity index (χ0) is 12.4. The topological polar surface area (TPSA) is 75.3 Å². The molecule has 6 nitrogen and oxygen atoms in total. The predicted octanol–water partition coefficient (Wildman–Crippen LogP) is 0.294. The van der Waals surface area contributed by atoms with Crippen LogP contribution >= 0.6 is 0 Å². The van der Waals surface area contributed by atoms with Gasteiger partial charge in [0, 0.05) is 32.4 Å². The number of urea groups is 1. The second kappa shape index (κ2) is 4.57. The van der Waals surface area contributed by atoms with Crippen LogP contribution in [0.3, 0.4) is 0 Å². The molecule has 1 aliphatic heterocycles. The van der Waals surface area contributed by atoms with Gasteiger partial charge < -0.3 is 15.5 Å². The van der Waals surface area contributed by atoms with Gasteiger partial charge in [0.15, 0.2) is 0 Å². The lowest BCUT2D eigenvalue weighted by molar-refractivity contribution is 0.204. The lowest BCUT2D eigenvalue weighted by Crippen LogP contribution is -2.51. The molecule has 1 fully saturated rings. The molecule has 0 bridgehead atoms. The third-order valence-electron chi connectivity index (χ3n) is 2.94. The summed E-state index contributed by atoms with van der Waals surface area (Å²) in [6.07, 6.45) is 1.76. The molecule has 0 unspecified atom stereocenters. The van der Waals surface area contributed by atoms with Gasteiger partial charge in [0.2, 0.25) is 0 Å². The van der Waals surface area contributed by atoms with Crippen molar-refractivity contribution in [3.8, 4) is 0 Å². The van der Waals surface area contributed by atoms with Crippen molar-refractivity contribution >= 4 is 11.8 Å². The molecule has 0 atom stereocenters. The van der Waals surface area contributed by atoms with Gasteiger partial charge in [0.05, 0.1) is 11.4 Å². The van der Waals surface area contributed by atoms with E-state index in [2.05, 4.69) is 14.9 Å². The van der Waals surface area contributed by atoms with E-state index < -0.39 is 0 Å². The minimum Gasteiger partial charge on any atom is -0.352 e. The third kappa shape index (κ3) is 2.46. The summed E-state index contributed by atoms with van der Waals surface area (Å²) in [5.41, 5.74) is 7.07. The van der Waals surface area contributed by atoms with Crippen molar-refractivity contribution in [1.29, 1.82) is 0 Å². The Labute approximate surface area is 100 Å². The molecule has 6 heteroatoms. The van der Waals surface area contributed by atoms with E-state index in [0.717, 1.165) is 30.3 Å².